The van der Waals surface area contributed by atoms with Crippen molar-refractivity contribution >= 4 is 5.78 Å². The lowest BCUT2D eigenvalue weighted by Gasteiger charge is -2.11. The molecular weight excluding hydrogens is 188 g/mol. The van der Waals surface area contributed by atoms with Gasteiger partial charge in [0.2, 0.25) is 0 Å². The molecule has 0 fully saturated rings. The number of benzene rings is 1. The smallest absolute Gasteiger partial charge is 0.169 e. The summed E-state index contributed by atoms with van der Waals surface area (Å²) in [7, 11) is 0. The molecule has 1 unspecified atom stereocenters. The van der Waals surface area contributed by atoms with Crippen molar-refractivity contribution in [3.8, 4) is 5.75 Å². The summed E-state index contributed by atoms with van der Waals surface area (Å²) in [6.45, 7) is 5.46. The number of aryl methyl sites for hydroxylation is 1. The summed E-state index contributed by atoms with van der Waals surface area (Å²) in [4.78, 5) is 11.0. The van der Waals surface area contributed by atoms with Crippen molar-refractivity contribution in [3.05, 3.63) is 29.8 Å². The van der Waals surface area contributed by atoms with Crippen LogP contribution in [0.5, 0.6) is 5.75 Å². The maximum absolute atomic E-state index is 11.0. The van der Waals surface area contributed by atoms with Gasteiger partial charge in [-0.1, -0.05) is 25.5 Å². The van der Waals surface area contributed by atoms with Gasteiger partial charge in [-0.25, -0.2) is 0 Å². The molecule has 0 aliphatic heterocycles. The number of ether oxygens (including phenoxy) is 1. The minimum absolute atomic E-state index is 0.0487. The highest BCUT2D eigenvalue weighted by molar-refractivity contribution is 5.80. The highest BCUT2D eigenvalue weighted by Crippen LogP contribution is 2.15. The van der Waals surface area contributed by atoms with Crippen LogP contribution in [0.2, 0.25) is 0 Å². The monoisotopic (exact) mass is 206 g/mol. The van der Waals surface area contributed by atoms with Crippen LogP contribution in [0.1, 0.15) is 32.8 Å². The fourth-order valence-electron chi connectivity index (χ4n) is 1.31. The van der Waals surface area contributed by atoms with Gasteiger partial charge in [0.25, 0.3) is 0 Å². The molecule has 0 saturated heterocycles. The first kappa shape index (κ1) is 11.8. The van der Waals surface area contributed by atoms with Crippen LogP contribution in [-0.4, -0.2) is 11.9 Å². The predicted molar refractivity (Wildman–Crippen MR) is 61.2 cm³/mol. The van der Waals surface area contributed by atoms with E-state index >= 15 is 0 Å². The van der Waals surface area contributed by atoms with Gasteiger partial charge in [0.1, 0.15) is 5.75 Å². The number of ketones is 1. The van der Waals surface area contributed by atoms with Crippen molar-refractivity contribution in [2.45, 2.75) is 39.7 Å². The van der Waals surface area contributed by atoms with Gasteiger partial charge >= 0.3 is 0 Å². The van der Waals surface area contributed by atoms with Gasteiger partial charge in [-0.3, -0.25) is 4.79 Å². The molecule has 0 heterocycles. The van der Waals surface area contributed by atoms with E-state index in [1.54, 1.807) is 6.92 Å². The van der Waals surface area contributed by atoms with Crippen LogP contribution in [-0.2, 0) is 11.2 Å². The third kappa shape index (κ3) is 3.74. The molecule has 2 heteroatoms. The number of carbonyl (C=O) groups is 1. The molecule has 0 radical (unpaired) electrons. The van der Waals surface area contributed by atoms with Crippen molar-refractivity contribution in [1.29, 1.82) is 0 Å². The van der Waals surface area contributed by atoms with Crippen LogP contribution in [0.4, 0.5) is 0 Å². The number of hydrogen-bond acceptors (Lipinski definition) is 2. The minimum Gasteiger partial charge on any atom is -0.483 e. The predicted octanol–water partition coefficient (Wildman–Crippen LogP) is 3.00. The average molecular weight is 206 g/mol. The highest BCUT2D eigenvalue weighted by atomic mass is 16.5. The van der Waals surface area contributed by atoms with E-state index in [1.165, 1.54) is 12.5 Å². The fraction of sp³-hybridized carbons (Fsp3) is 0.462. The van der Waals surface area contributed by atoms with Crippen molar-refractivity contribution in [2.24, 2.45) is 0 Å². The standard InChI is InChI=1S/C13H18O2/c1-4-5-12-6-8-13(9-7-12)15-11(3)10(2)14/h6-9,11H,4-5H2,1-3H3. The molecule has 0 saturated carbocycles. The molecule has 2 nitrogen and oxygen atoms in total. The molecule has 0 amide bonds. The van der Waals surface area contributed by atoms with Crippen molar-refractivity contribution in [2.75, 3.05) is 0 Å². The Morgan fingerprint density at radius 1 is 1.33 bits per heavy atom. The average Bonchev–Trinajstić information content (AvgIpc) is 2.21. The normalized spacial score (nSPS) is 12.2. The second kappa shape index (κ2) is 5.54. The first-order valence-electron chi connectivity index (χ1n) is 5.39. The molecule has 1 aromatic rings. The summed E-state index contributed by atoms with van der Waals surface area (Å²) in [6, 6.07) is 7.94. The van der Waals surface area contributed by atoms with Crippen LogP contribution < -0.4 is 4.74 Å². The largest absolute Gasteiger partial charge is 0.483 e. The van der Waals surface area contributed by atoms with Crippen LogP contribution >= 0.6 is 0 Å². The molecule has 0 aromatic heterocycles. The summed E-state index contributed by atoms with van der Waals surface area (Å²) >= 11 is 0. The quantitative estimate of drug-likeness (QED) is 0.740. The Labute approximate surface area is 91.3 Å². The van der Waals surface area contributed by atoms with Crippen LogP contribution in [0.3, 0.4) is 0 Å². The van der Waals surface area contributed by atoms with Gasteiger partial charge in [0.15, 0.2) is 11.9 Å². The zero-order valence-corrected chi connectivity index (χ0v) is 9.62. The molecule has 82 valence electrons. The van der Waals surface area contributed by atoms with Crippen molar-refractivity contribution in [1.82, 2.24) is 0 Å². The third-order valence-corrected chi connectivity index (χ3v) is 2.35. The summed E-state index contributed by atoms with van der Waals surface area (Å²) in [5.41, 5.74) is 1.31. The van der Waals surface area contributed by atoms with Crippen LogP contribution in [0.15, 0.2) is 24.3 Å². The Bertz CT molecular complexity index is 314. The first-order chi connectivity index (χ1) is 7.13. The SMILES string of the molecule is CCCc1ccc(OC(C)C(C)=O)cc1. The maximum Gasteiger partial charge on any atom is 0.169 e. The minimum atomic E-state index is -0.359. The third-order valence-electron chi connectivity index (χ3n) is 2.35. The second-order valence-electron chi connectivity index (χ2n) is 3.76. The number of carbonyl (C=O) groups excluding carboxylic acids is 1. The van der Waals surface area contributed by atoms with Gasteiger partial charge in [-0.2, -0.15) is 0 Å². The van der Waals surface area contributed by atoms with E-state index in [0.29, 0.717) is 0 Å². The molecule has 0 N–H and O–H groups in total. The van der Waals surface area contributed by atoms with E-state index < -0.39 is 0 Å². The van der Waals surface area contributed by atoms with E-state index in [-0.39, 0.29) is 11.9 Å². The maximum atomic E-state index is 11.0. The number of Topliss-reactive ketones (excluding diaryl/α,β-unsaturated/α-hetero) is 1. The Balaban J connectivity index is 2.60. The van der Waals surface area contributed by atoms with Crippen molar-refractivity contribution < 1.29 is 9.53 Å². The van der Waals surface area contributed by atoms with E-state index in [0.717, 1.165) is 18.6 Å². The van der Waals surface area contributed by atoms with E-state index in [2.05, 4.69) is 6.92 Å². The van der Waals surface area contributed by atoms with Crippen LogP contribution in [0.25, 0.3) is 0 Å². The summed E-state index contributed by atoms with van der Waals surface area (Å²) in [5, 5.41) is 0. The van der Waals surface area contributed by atoms with E-state index in [1.807, 2.05) is 24.3 Å². The molecule has 0 spiro atoms. The van der Waals surface area contributed by atoms with Gasteiger partial charge in [-0.05, 0) is 38.0 Å². The summed E-state index contributed by atoms with van der Waals surface area (Å²) in [5.74, 6) is 0.810. The summed E-state index contributed by atoms with van der Waals surface area (Å²) in [6.07, 6.45) is 1.87. The molecule has 1 rings (SSSR count). The zero-order valence-electron chi connectivity index (χ0n) is 9.62. The lowest BCUT2D eigenvalue weighted by molar-refractivity contribution is -0.122. The van der Waals surface area contributed by atoms with E-state index in [4.69, 9.17) is 4.74 Å². The molecule has 1 aromatic carbocycles. The lowest BCUT2D eigenvalue weighted by Crippen LogP contribution is -2.20. The molecular formula is C13H18O2. The Morgan fingerprint density at radius 3 is 2.40 bits per heavy atom. The fourth-order valence-corrected chi connectivity index (χ4v) is 1.31. The lowest BCUT2D eigenvalue weighted by atomic mass is 10.1. The Morgan fingerprint density at radius 2 is 1.93 bits per heavy atom. The number of rotatable bonds is 5. The van der Waals surface area contributed by atoms with Crippen molar-refractivity contribution in [3.63, 3.8) is 0 Å². The first-order valence-corrected chi connectivity index (χ1v) is 5.39. The molecule has 0 aliphatic carbocycles. The van der Waals surface area contributed by atoms with E-state index in [9.17, 15) is 4.79 Å². The molecule has 1 atom stereocenters. The Hall–Kier alpha value is -1.31. The highest BCUT2D eigenvalue weighted by Gasteiger charge is 2.08. The molecule has 0 aliphatic rings. The second-order valence-corrected chi connectivity index (χ2v) is 3.76. The van der Waals surface area contributed by atoms with Gasteiger partial charge < -0.3 is 4.74 Å². The van der Waals surface area contributed by atoms with Gasteiger partial charge in [0, 0.05) is 0 Å². The summed E-state index contributed by atoms with van der Waals surface area (Å²) < 4.78 is 5.46. The van der Waals surface area contributed by atoms with Gasteiger partial charge in [-0.15, -0.1) is 0 Å². The zero-order chi connectivity index (χ0) is 11.3. The van der Waals surface area contributed by atoms with Gasteiger partial charge in [0.05, 0.1) is 0 Å². The van der Waals surface area contributed by atoms with Crippen LogP contribution in [0, 0.1) is 0 Å². The Kier molecular flexibility index (Phi) is 4.35. The topological polar surface area (TPSA) is 26.3 Å². The number of hydrogen-bond donors (Lipinski definition) is 0. The molecule has 0 bridgehead atoms. The molecule has 15 heavy (non-hydrogen) atoms.